The van der Waals surface area contributed by atoms with Gasteiger partial charge in [-0.3, -0.25) is 4.55 Å². The molecule has 0 atom stereocenters. The Labute approximate surface area is 85.1 Å². The summed E-state index contributed by atoms with van der Waals surface area (Å²) in [4.78, 5) is 10.7. The van der Waals surface area contributed by atoms with Gasteiger partial charge in [0.1, 0.15) is 9.77 Å². The summed E-state index contributed by atoms with van der Waals surface area (Å²) in [6.07, 6.45) is 0. The molecule has 0 amide bonds. The molecule has 0 aliphatic rings. The molecule has 0 aliphatic carbocycles. The predicted molar refractivity (Wildman–Crippen MR) is 50.1 cm³/mol. The summed E-state index contributed by atoms with van der Waals surface area (Å²) in [5, 5.41) is 1.40. The van der Waals surface area contributed by atoms with Gasteiger partial charge >= 0.3 is 5.97 Å². The molecule has 1 N–H and O–H groups in total. The number of carbonyl (C=O) groups excluding carboxylic acids is 1. The zero-order valence-corrected chi connectivity index (χ0v) is 8.89. The van der Waals surface area contributed by atoms with Crippen LogP contribution >= 0.6 is 11.3 Å². The van der Waals surface area contributed by atoms with Crippen molar-refractivity contribution < 1.29 is 22.5 Å². The van der Waals surface area contributed by atoms with Gasteiger partial charge in [0, 0.05) is 0 Å². The van der Waals surface area contributed by atoms with Gasteiger partial charge in [0.15, 0.2) is 0 Å². The number of ether oxygens (including phenoxy) is 1. The SMILES string of the molecule is CCOC(=O)c1sccc1S(=O)(=O)O. The second kappa shape index (κ2) is 4.07. The van der Waals surface area contributed by atoms with Crippen molar-refractivity contribution in [3.05, 3.63) is 16.3 Å². The van der Waals surface area contributed by atoms with Crippen molar-refractivity contribution in [1.29, 1.82) is 0 Å². The number of carbonyl (C=O) groups is 1. The topological polar surface area (TPSA) is 80.7 Å². The van der Waals surface area contributed by atoms with Crippen LogP contribution < -0.4 is 0 Å². The second-order valence-electron chi connectivity index (χ2n) is 2.31. The highest BCUT2D eigenvalue weighted by atomic mass is 32.2. The van der Waals surface area contributed by atoms with Gasteiger partial charge in [0.2, 0.25) is 0 Å². The van der Waals surface area contributed by atoms with E-state index in [1.54, 1.807) is 6.92 Å². The Hall–Kier alpha value is -0.920. The van der Waals surface area contributed by atoms with Gasteiger partial charge in [0.25, 0.3) is 10.1 Å². The molecule has 1 heterocycles. The van der Waals surface area contributed by atoms with E-state index >= 15 is 0 Å². The maximum absolute atomic E-state index is 11.2. The molecule has 0 saturated heterocycles. The molecule has 0 bridgehead atoms. The molecule has 0 spiro atoms. The molecule has 1 aromatic heterocycles. The summed E-state index contributed by atoms with van der Waals surface area (Å²) in [5.74, 6) is -0.741. The quantitative estimate of drug-likeness (QED) is 0.629. The molecule has 14 heavy (non-hydrogen) atoms. The van der Waals surface area contributed by atoms with Gasteiger partial charge < -0.3 is 4.74 Å². The van der Waals surface area contributed by atoms with Crippen molar-refractivity contribution in [2.24, 2.45) is 0 Å². The fraction of sp³-hybridized carbons (Fsp3) is 0.286. The van der Waals surface area contributed by atoms with Gasteiger partial charge in [-0.05, 0) is 18.4 Å². The fourth-order valence-corrected chi connectivity index (χ4v) is 2.63. The van der Waals surface area contributed by atoms with Crippen LogP contribution in [0.15, 0.2) is 16.3 Å². The maximum atomic E-state index is 11.2. The Kier molecular flexibility index (Phi) is 3.25. The first-order chi connectivity index (χ1) is 6.46. The fourth-order valence-electron chi connectivity index (χ4n) is 0.846. The molecule has 1 aromatic rings. The van der Waals surface area contributed by atoms with Crippen molar-refractivity contribution in [3.8, 4) is 0 Å². The Bertz CT molecular complexity index is 431. The lowest BCUT2D eigenvalue weighted by Crippen LogP contribution is -2.08. The molecule has 7 heteroatoms. The zero-order chi connectivity index (χ0) is 10.8. The zero-order valence-electron chi connectivity index (χ0n) is 7.26. The van der Waals surface area contributed by atoms with E-state index in [2.05, 4.69) is 4.74 Å². The minimum absolute atomic E-state index is 0.102. The first-order valence-electron chi connectivity index (χ1n) is 3.69. The van der Waals surface area contributed by atoms with E-state index in [1.165, 1.54) is 5.38 Å². The van der Waals surface area contributed by atoms with Crippen LogP contribution in [-0.2, 0) is 14.9 Å². The molecule has 78 valence electrons. The van der Waals surface area contributed by atoms with Crippen LogP contribution in [0.2, 0.25) is 0 Å². The summed E-state index contributed by atoms with van der Waals surface area (Å²) in [5.41, 5.74) is 0. The lowest BCUT2D eigenvalue weighted by Gasteiger charge is -2.00. The Balaban J connectivity index is 3.12. The molecule has 0 unspecified atom stereocenters. The summed E-state index contributed by atoms with van der Waals surface area (Å²) in [6.45, 7) is 1.76. The van der Waals surface area contributed by atoms with Gasteiger partial charge in [-0.25, -0.2) is 4.79 Å². The molecular formula is C7H8O5S2. The van der Waals surface area contributed by atoms with Crippen molar-refractivity contribution in [2.75, 3.05) is 6.61 Å². The second-order valence-corrected chi connectivity index (χ2v) is 4.62. The van der Waals surface area contributed by atoms with Crippen LogP contribution in [0, 0.1) is 0 Å². The average molecular weight is 236 g/mol. The normalized spacial score (nSPS) is 11.3. The summed E-state index contributed by atoms with van der Waals surface area (Å²) < 4.78 is 34.9. The largest absolute Gasteiger partial charge is 0.462 e. The van der Waals surface area contributed by atoms with Crippen LogP contribution in [-0.4, -0.2) is 25.5 Å². The number of esters is 1. The van der Waals surface area contributed by atoms with Gasteiger partial charge in [-0.2, -0.15) is 8.42 Å². The monoisotopic (exact) mass is 236 g/mol. The molecule has 0 fully saturated rings. The molecule has 0 saturated carbocycles. The first kappa shape index (κ1) is 11.2. The maximum Gasteiger partial charge on any atom is 0.349 e. The first-order valence-corrected chi connectivity index (χ1v) is 6.01. The summed E-state index contributed by atoms with van der Waals surface area (Å²) in [6, 6.07) is 1.16. The van der Waals surface area contributed by atoms with E-state index < -0.39 is 21.0 Å². The lowest BCUT2D eigenvalue weighted by atomic mass is 10.5. The third kappa shape index (κ3) is 2.31. The van der Waals surface area contributed by atoms with Crippen molar-refractivity contribution in [3.63, 3.8) is 0 Å². The molecule has 1 rings (SSSR count). The van der Waals surface area contributed by atoms with Crippen LogP contribution in [0.3, 0.4) is 0 Å². The van der Waals surface area contributed by atoms with Crippen LogP contribution in [0.25, 0.3) is 0 Å². The number of hydrogen-bond donors (Lipinski definition) is 1. The Morgan fingerprint density at radius 3 is 2.79 bits per heavy atom. The average Bonchev–Trinajstić information content (AvgIpc) is 2.50. The van der Waals surface area contributed by atoms with E-state index in [9.17, 15) is 13.2 Å². The smallest absolute Gasteiger partial charge is 0.349 e. The molecule has 0 aliphatic heterocycles. The molecule has 0 aromatic carbocycles. The number of rotatable bonds is 3. The van der Waals surface area contributed by atoms with E-state index in [0.717, 1.165) is 17.4 Å². The van der Waals surface area contributed by atoms with Gasteiger partial charge in [-0.1, -0.05) is 0 Å². The lowest BCUT2D eigenvalue weighted by molar-refractivity contribution is 0.0527. The molecular weight excluding hydrogens is 228 g/mol. The molecule has 5 nitrogen and oxygen atoms in total. The van der Waals surface area contributed by atoms with E-state index in [1.807, 2.05) is 0 Å². The molecule has 0 radical (unpaired) electrons. The van der Waals surface area contributed by atoms with E-state index in [-0.39, 0.29) is 11.5 Å². The van der Waals surface area contributed by atoms with Gasteiger partial charge in [0.05, 0.1) is 6.61 Å². The standard InChI is InChI=1S/C7H8O5S2/c1-2-12-7(8)6-5(3-4-13-6)14(9,10)11/h3-4H,2H2,1H3,(H,9,10,11). The highest BCUT2D eigenvalue weighted by molar-refractivity contribution is 7.86. The Morgan fingerprint density at radius 1 is 1.64 bits per heavy atom. The van der Waals surface area contributed by atoms with Crippen molar-refractivity contribution in [1.82, 2.24) is 0 Å². The van der Waals surface area contributed by atoms with Crippen LogP contribution in [0.4, 0.5) is 0 Å². The minimum atomic E-state index is -4.34. The van der Waals surface area contributed by atoms with Gasteiger partial charge in [-0.15, -0.1) is 11.3 Å². The van der Waals surface area contributed by atoms with E-state index in [0.29, 0.717) is 0 Å². The predicted octanol–water partition coefficient (Wildman–Crippen LogP) is 1.17. The number of hydrogen-bond acceptors (Lipinski definition) is 5. The minimum Gasteiger partial charge on any atom is -0.462 e. The third-order valence-corrected chi connectivity index (χ3v) is 3.29. The van der Waals surface area contributed by atoms with Crippen molar-refractivity contribution in [2.45, 2.75) is 11.8 Å². The Morgan fingerprint density at radius 2 is 2.29 bits per heavy atom. The number of thiophene rings is 1. The summed E-state index contributed by atoms with van der Waals surface area (Å²) in [7, 11) is -4.34. The van der Waals surface area contributed by atoms with Crippen molar-refractivity contribution >= 4 is 27.4 Å². The van der Waals surface area contributed by atoms with Crippen LogP contribution in [0.1, 0.15) is 16.6 Å². The third-order valence-electron chi connectivity index (χ3n) is 1.37. The van der Waals surface area contributed by atoms with Crippen LogP contribution in [0.5, 0.6) is 0 Å². The van der Waals surface area contributed by atoms with E-state index in [4.69, 9.17) is 4.55 Å². The summed E-state index contributed by atoms with van der Waals surface area (Å²) >= 11 is 0.911. The highest BCUT2D eigenvalue weighted by Gasteiger charge is 2.22. The highest BCUT2D eigenvalue weighted by Crippen LogP contribution is 2.22.